The van der Waals surface area contributed by atoms with Crippen LogP contribution in [-0.2, 0) is 6.54 Å². The van der Waals surface area contributed by atoms with Gasteiger partial charge in [-0.05, 0) is 43.2 Å². The van der Waals surface area contributed by atoms with E-state index < -0.39 is 0 Å². The molecule has 0 bridgehead atoms. The zero-order chi connectivity index (χ0) is 13.9. The van der Waals surface area contributed by atoms with Crippen molar-refractivity contribution >= 4 is 5.69 Å². The maximum atomic E-state index is 4.35. The molecule has 3 nitrogen and oxygen atoms in total. The first kappa shape index (κ1) is 13.9. The number of hydrogen-bond acceptors (Lipinski definition) is 3. The number of rotatable bonds is 5. The van der Waals surface area contributed by atoms with Gasteiger partial charge in [-0.15, -0.1) is 0 Å². The monoisotopic (exact) mass is 273 g/mol. The van der Waals surface area contributed by atoms with Crippen molar-refractivity contribution in [2.45, 2.75) is 64.1 Å². The highest BCUT2D eigenvalue weighted by Crippen LogP contribution is 2.31. The van der Waals surface area contributed by atoms with E-state index in [4.69, 9.17) is 0 Å². The van der Waals surface area contributed by atoms with Crippen LogP contribution in [0.25, 0.3) is 0 Å². The fraction of sp³-hybridized carbons (Fsp3) is 0.706. The highest BCUT2D eigenvalue weighted by atomic mass is 15.1. The van der Waals surface area contributed by atoms with Crippen LogP contribution in [0.15, 0.2) is 18.5 Å². The van der Waals surface area contributed by atoms with Gasteiger partial charge in [0.15, 0.2) is 0 Å². The smallest absolute Gasteiger partial charge is 0.0598 e. The zero-order valence-corrected chi connectivity index (χ0v) is 12.8. The second kappa shape index (κ2) is 6.13. The van der Waals surface area contributed by atoms with Crippen LogP contribution in [0.2, 0.25) is 0 Å². The van der Waals surface area contributed by atoms with Crippen molar-refractivity contribution in [1.29, 1.82) is 0 Å². The summed E-state index contributed by atoms with van der Waals surface area (Å²) in [5.74, 6) is 0.862. The molecule has 0 aromatic carbocycles. The normalized spacial score (nSPS) is 26.5. The van der Waals surface area contributed by atoms with E-state index in [1.807, 2.05) is 12.4 Å². The first-order valence-electron chi connectivity index (χ1n) is 8.13. The van der Waals surface area contributed by atoms with Crippen molar-refractivity contribution in [3.8, 4) is 0 Å². The van der Waals surface area contributed by atoms with Crippen LogP contribution in [0.5, 0.6) is 0 Å². The van der Waals surface area contributed by atoms with Crippen molar-refractivity contribution in [3.63, 3.8) is 0 Å². The molecule has 2 aliphatic rings. The van der Waals surface area contributed by atoms with Crippen molar-refractivity contribution in [1.82, 2.24) is 10.3 Å². The minimum Gasteiger partial charge on any atom is -0.370 e. The lowest BCUT2D eigenvalue weighted by molar-refractivity contribution is 0.336. The summed E-state index contributed by atoms with van der Waals surface area (Å²) < 4.78 is 0. The number of anilines is 1. The molecular weight excluding hydrogens is 246 g/mol. The summed E-state index contributed by atoms with van der Waals surface area (Å²) in [6, 6.07) is 3.62. The van der Waals surface area contributed by atoms with Gasteiger partial charge in [0.05, 0.1) is 11.9 Å². The third kappa shape index (κ3) is 3.32. The van der Waals surface area contributed by atoms with Crippen LogP contribution in [0.1, 0.15) is 51.0 Å². The molecule has 3 rings (SSSR count). The van der Waals surface area contributed by atoms with Gasteiger partial charge in [-0.3, -0.25) is 4.98 Å². The lowest BCUT2D eigenvalue weighted by atomic mass is 9.86. The summed E-state index contributed by atoms with van der Waals surface area (Å²) in [6.45, 7) is 3.37. The quantitative estimate of drug-likeness (QED) is 0.891. The molecule has 0 spiro atoms. The van der Waals surface area contributed by atoms with Crippen LogP contribution in [-0.4, -0.2) is 24.1 Å². The van der Waals surface area contributed by atoms with E-state index in [9.17, 15) is 0 Å². The van der Waals surface area contributed by atoms with E-state index in [-0.39, 0.29) is 0 Å². The van der Waals surface area contributed by atoms with Gasteiger partial charge in [0.25, 0.3) is 0 Å². The molecule has 0 amide bonds. The third-order valence-electron chi connectivity index (χ3n) is 4.88. The van der Waals surface area contributed by atoms with Crippen LogP contribution in [0.4, 0.5) is 5.69 Å². The summed E-state index contributed by atoms with van der Waals surface area (Å²) in [5.41, 5.74) is 2.72. The molecule has 1 N–H and O–H groups in total. The predicted molar refractivity (Wildman–Crippen MR) is 83.9 cm³/mol. The van der Waals surface area contributed by atoms with Gasteiger partial charge in [-0.2, -0.15) is 0 Å². The number of nitrogens with one attached hydrogen (secondary N) is 1. The largest absolute Gasteiger partial charge is 0.370 e. The van der Waals surface area contributed by atoms with Crippen molar-refractivity contribution < 1.29 is 0 Å². The molecule has 2 saturated carbocycles. The Kier molecular flexibility index (Phi) is 4.25. The highest BCUT2D eigenvalue weighted by Gasteiger charge is 2.25. The van der Waals surface area contributed by atoms with E-state index in [2.05, 4.69) is 35.2 Å². The Bertz CT molecular complexity index is 442. The Morgan fingerprint density at radius 3 is 2.90 bits per heavy atom. The fourth-order valence-corrected chi connectivity index (χ4v) is 3.37. The van der Waals surface area contributed by atoms with Crippen molar-refractivity contribution in [2.75, 3.05) is 11.9 Å². The molecule has 0 aliphatic heterocycles. The maximum absolute atomic E-state index is 4.35. The summed E-state index contributed by atoms with van der Waals surface area (Å²) in [4.78, 5) is 6.83. The molecule has 1 heterocycles. The van der Waals surface area contributed by atoms with E-state index >= 15 is 0 Å². The molecule has 1 aromatic rings. The molecule has 2 fully saturated rings. The van der Waals surface area contributed by atoms with Gasteiger partial charge in [0, 0.05) is 31.9 Å². The fourth-order valence-electron chi connectivity index (χ4n) is 3.37. The van der Waals surface area contributed by atoms with Crippen molar-refractivity contribution in [2.24, 2.45) is 5.92 Å². The maximum Gasteiger partial charge on any atom is 0.0598 e. The topological polar surface area (TPSA) is 28.2 Å². The average Bonchev–Trinajstić information content (AvgIpc) is 3.29. The van der Waals surface area contributed by atoms with E-state index in [1.54, 1.807) is 0 Å². The summed E-state index contributed by atoms with van der Waals surface area (Å²) in [5, 5.41) is 3.63. The minimum absolute atomic E-state index is 0.683. The summed E-state index contributed by atoms with van der Waals surface area (Å²) >= 11 is 0. The number of aromatic nitrogens is 1. The van der Waals surface area contributed by atoms with Gasteiger partial charge < -0.3 is 10.2 Å². The number of pyridine rings is 1. The van der Waals surface area contributed by atoms with E-state index in [0.717, 1.165) is 18.5 Å². The van der Waals surface area contributed by atoms with Gasteiger partial charge in [-0.25, -0.2) is 0 Å². The lowest BCUT2D eigenvalue weighted by Gasteiger charge is -2.36. The summed E-state index contributed by atoms with van der Waals surface area (Å²) in [6.07, 6.45) is 12.1. The average molecular weight is 273 g/mol. The molecule has 1 aromatic heterocycles. The molecule has 0 radical (unpaired) electrons. The molecule has 2 unspecified atom stereocenters. The Labute approximate surface area is 122 Å². The van der Waals surface area contributed by atoms with Crippen LogP contribution >= 0.6 is 0 Å². The van der Waals surface area contributed by atoms with Crippen LogP contribution < -0.4 is 10.2 Å². The first-order valence-corrected chi connectivity index (χ1v) is 8.13. The minimum atomic E-state index is 0.683. The molecule has 3 heteroatoms. The second-order valence-electron chi connectivity index (χ2n) is 6.70. The Morgan fingerprint density at radius 2 is 2.15 bits per heavy atom. The molecule has 2 atom stereocenters. The van der Waals surface area contributed by atoms with Crippen LogP contribution in [0, 0.1) is 5.92 Å². The Hall–Kier alpha value is -1.09. The zero-order valence-electron chi connectivity index (χ0n) is 12.8. The molecule has 2 aliphatic carbocycles. The predicted octanol–water partition coefficient (Wildman–Crippen LogP) is 3.35. The number of nitrogens with zero attached hydrogens (tertiary/aromatic N) is 2. The Balaban J connectivity index is 1.70. The van der Waals surface area contributed by atoms with Gasteiger partial charge in [-0.1, -0.05) is 19.8 Å². The van der Waals surface area contributed by atoms with Gasteiger partial charge in [0.2, 0.25) is 0 Å². The van der Waals surface area contributed by atoms with Gasteiger partial charge >= 0.3 is 0 Å². The SMILES string of the molecule is CC1CCCC(N(C)c2cnccc2CNC2CC2)C1. The first-order chi connectivity index (χ1) is 9.74. The Morgan fingerprint density at radius 1 is 1.30 bits per heavy atom. The lowest BCUT2D eigenvalue weighted by Crippen LogP contribution is -2.36. The van der Waals surface area contributed by atoms with Gasteiger partial charge in [0.1, 0.15) is 0 Å². The van der Waals surface area contributed by atoms with E-state index in [1.165, 1.54) is 49.8 Å². The van der Waals surface area contributed by atoms with Crippen LogP contribution in [0.3, 0.4) is 0 Å². The highest BCUT2D eigenvalue weighted by molar-refractivity contribution is 5.52. The third-order valence-corrected chi connectivity index (χ3v) is 4.88. The summed E-state index contributed by atoms with van der Waals surface area (Å²) in [7, 11) is 2.25. The van der Waals surface area contributed by atoms with E-state index in [0.29, 0.717) is 6.04 Å². The second-order valence-corrected chi connectivity index (χ2v) is 6.70. The number of hydrogen-bond donors (Lipinski definition) is 1. The molecule has 110 valence electrons. The molecule has 20 heavy (non-hydrogen) atoms. The molecule has 0 saturated heterocycles. The van der Waals surface area contributed by atoms with Crippen molar-refractivity contribution in [3.05, 3.63) is 24.0 Å². The standard InChI is InChI=1S/C17H27N3/c1-13-4-3-5-16(10-13)20(2)17-12-18-9-8-14(17)11-19-15-6-7-15/h8-9,12-13,15-16,19H,3-7,10-11H2,1-2H3. The molecular formula is C17H27N3.